The van der Waals surface area contributed by atoms with E-state index in [1.807, 2.05) is 4.90 Å². The Bertz CT molecular complexity index is 585. The van der Waals surface area contributed by atoms with E-state index in [2.05, 4.69) is 4.98 Å². The van der Waals surface area contributed by atoms with Gasteiger partial charge < -0.3 is 10.0 Å². The van der Waals surface area contributed by atoms with Gasteiger partial charge in [0.05, 0.1) is 11.3 Å². The molecule has 1 aromatic heterocycles. The van der Waals surface area contributed by atoms with Crippen LogP contribution in [0.3, 0.4) is 0 Å². The van der Waals surface area contributed by atoms with Crippen molar-refractivity contribution in [1.82, 2.24) is 9.88 Å². The van der Waals surface area contributed by atoms with Crippen molar-refractivity contribution in [2.75, 3.05) is 6.54 Å². The highest BCUT2D eigenvalue weighted by Gasteiger charge is 2.37. The zero-order valence-corrected chi connectivity index (χ0v) is 12.2. The first-order valence-corrected chi connectivity index (χ1v) is 7.60. The van der Waals surface area contributed by atoms with Crippen molar-refractivity contribution in [3.8, 4) is 0 Å². The molecule has 1 aliphatic carbocycles. The highest BCUT2D eigenvalue weighted by Crippen LogP contribution is 2.37. The maximum Gasteiger partial charge on any atom is 0.337 e. The Morgan fingerprint density at radius 1 is 1.24 bits per heavy atom. The van der Waals surface area contributed by atoms with Crippen LogP contribution in [-0.2, 0) is 0 Å². The van der Waals surface area contributed by atoms with E-state index in [0.717, 1.165) is 19.4 Å². The molecule has 1 aromatic rings. The van der Waals surface area contributed by atoms with Crippen LogP contribution in [0.25, 0.3) is 0 Å². The van der Waals surface area contributed by atoms with Crippen LogP contribution in [0.4, 0.5) is 0 Å². The highest BCUT2D eigenvalue weighted by molar-refractivity contribution is 5.94. The zero-order chi connectivity index (χ0) is 15.0. The van der Waals surface area contributed by atoms with Gasteiger partial charge in [0.1, 0.15) is 5.69 Å². The van der Waals surface area contributed by atoms with Crippen molar-refractivity contribution in [2.45, 2.75) is 45.1 Å². The standard InChI is InChI=1S/C16H20N2O3/c1-10-12(16(20)21)7-8-13(17-10)15(19)18-9-3-5-11-4-2-6-14(11)18/h7-8,11,14H,2-6,9H2,1H3,(H,20,21). The van der Waals surface area contributed by atoms with Gasteiger partial charge in [0.25, 0.3) is 5.91 Å². The number of fused-ring (bicyclic) bond motifs is 1. The number of aromatic carboxylic acids is 1. The number of carboxylic acid groups (broad SMARTS) is 1. The second-order valence-corrected chi connectivity index (χ2v) is 6.03. The van der Waals surface area contributed by atoms with Crippen molar-refractivity contribution in [2.24, 2.45) is 5.92 Å². The molecule has 5 nitrogen and oxygen atoms in total. The summed E-state index contributed by atoms with van der Waals surface area (Å²) in [4.78, 5) is 29.9. The van der Waals surface area contributed by atoms with Crippen molar-refractivity contribution in [3.05, 3.63) is 29.1 Å². The lowest BCUT2D eigenvalue weighted by Crippen LogP contribution is -2.46. The van der Waals surface area contributed by atoms with Gasteiger partial charge in [0.2, 0.25) is 0 Å². The van der Waals surface area contributed by atoms with Gasteiger partial charge in [-0.25, -0.2) is 9.78 Å². The zero-order valence-electron chi connectivity index (χ0n) is 12.2. The number of carbonyl (C=O) groups excluding carboxylic acids is 1. The van der Waals surface area contributed by atoms with Crippen LogP contribution < -0.4 is 0 Å². The number of carboxylic acids is 1. The number of hydrogen-bond acceptors (Lipinski definition) is 3. The fourth-order valence-electron chi connectivity index (χ4n) is 3.76. The predicted octanol–water partition coefficient (Wildman–Crippen LogP) is 2.49. The Morgan fingerprint density at radius 2 is 2.00 bits per heavy atom. The molecular weight excluding hydrogens is 268 g/mol. The number of rotatable bonds is 2. The molecule has 2 fully saturated rings. The number of carbonyl (C=O) groups is 2. The largest absolute Gasteiger partial charge is 0.478 e. The molecule has 1 amide bonds. The lowest BCUT2D eigenvalue weighted by Gasteiger charge is -2.37. The molecule has 0 bridgehead atoms. The number of aryl methyl sites for hydroxylation is 1. The SMILES string of the molecule is Cc1nc(C(=O)N2CCCC3CCCC32)ccc1C(=O)O. The fourth-order valence-corrected chi connectivity index (χ4v) is 3.76. The third-order valence-electron chi connectivity index (χ3n) is 4.79. The Balaban J connectivity index is 1.84. The summed E-state index contributed by atoms with van der Waals surface area (Å²) < 4.78 is 0. The molecule has 1 saturated heterocycles. The normalized spacial score (nSPS) is 24.7. The summed E-state index contributed by atoms with van der Waals surface area (Å²) in [6.45, 7) is 2.43. The van der Waals surface area contributed by atoms with E-state index in [-0.39, 0.29) is 11.5 Å². The first-order valence-electron chi connectivity index (χ1n) is 7.60. The van der Waals surface area contributed by atoms with Crippen LogP contribution in [0.1, 0.15) is 58.6 Å². The van der Waals surface area contributed by atoms with Crippen LogP contribution in [0.15, 0.2) is 12.1 Å². The van der Waals surface area contributed by atoms with Crippen molar-refractivity contribution in [3.63, 3.8) is 0 Å². The Labute approximate surface area is 124 Å². The molecule has 2 heterocycles. The number of pyridine rings is 1. The topological polar surface area (TPSA) is 70.5 Å². The summed E-state index contributed by atoms with van der Waals surface area (Å²) in [6.07, 6.45) is 5.78. The van der Waals surface area contributed by atoms with E-state index >= 15 is 0 Å². The highest BCUT2D eigenvalue weighted by atomic mass is 16.4. The minimum atomic E-state index is -1.01. The van der Waals surface area contributed by atoms with Crippen LogP contribution >= 0.6 is 0 Å². The quantitative estimate of drug-likeness (QED) is 0.907. The maximum absolute atomic E-state index is 12.7. The summed E-state index contributed by atoms with van der Waals surface area (Å²) in [7, 11) is 0. The lowest BCUT2D eigenvalue weighted by molar-refractivity contribution is 0.0540. The minimum absolute atomic E-state index is 0.0494. The number of hydrogen-bond donors (Lipinski definition) is 1. The molecule has 5 heteroatoms. The van der Waals surface area contributed by atoms with Gasteiger partial charge in [0.15, 0.2) is 0 Å². The van der Waals surface area contributed by atoms with E-state index in [1.54, 1.807) is 6.92 Å². The smallest absolute Gasteiger partial charge is 0.337 e. The van der Waals surface area contributed by atoms with E-state index in [4.69, 9.17) is 5.11 Å². The first kappa shape index (κ1) is 14.0. The summed E-state index contributed by atoms with van der Waals surface area (Å²) in [5, 5.41) is 9.03. The minimum Gasteiger partial charge on any atom is -0.478 e. The molecule has 1 aliphatic heterocycles. The van der Waals surface area contributed by atoms with E-state index < -0.39 is 5.97 Å². The third kappa shape index (κ3) is 2.52. The van der Waals surface area contributed by atoms with Crippen LogP contribution in [0.2, 0.25) is 0 Å². The van der Waals surface area contributed by atoms with Gasteiger partial charge >= 0.3 is 5.97 Å². The van der Waals surface area contributed by atoms with Crippen molar-refractivity contribution >= 4 is 11.9 Å². The van der Waals surface area contributed by atoms with E-state index in [9.17, 15) is 9.59 Å². The maximum atomic E-state index is 12.7. The Kier molecular flexibility index (Phi) is 3.66. The fraction of sp³-hybridized carbons (Fsp3) is 0.562. The molecule has 1 N–H and O–H groups in total. The Morgan fingerprint density at radius 3 is 2.71 bits per heavy atom. The molecule has 2 unspecified atom stereocenters. The number of likely N-dealkylation sites (tertiary alicyclic amines) is 1. The molecule has 0 spiro atoms. The molecule has 21 heavy (non-hydrogen) atoms. The van der Waals surface area contributed by atoms with Gasteiger partial charge in [-0.15, -0.1) is 0 Å². The second kappa shape index (κ2) is 5.47. The van der Waals surface area contributed by atoms with Gasteiger partial charge in [0, 0.05) is 12.6 Å². The first-order chi connectivity index (χ1) is 10.1. The van der Waals surface area contributed by atoms with E-state index in [1.165, 1.54) is 31.4 Å². The molecule has 2 atom stereocenters. The average molecular weight is 288 g/mol. The number of nitrogens with zero attached hydrogens (tertiary/aromatic N) is 2. The van der Waals surface area contributed by atoms with Gasteiger partial charge in [-0.2, -0.15) is 0 Å². The number of amides is 1. The average Bonchev–Trinajstić information content (AvgIpc) is 2.94. The summed E-state index contributed by atoms with van der Waals surface area (Å²) >= 11 is 0. The second-order valence-electron chi connectivity index (χ2n) is 6.03. The summed E-state index contributed by atoms with van der Waals surface area (Å²) in [6, 6.07) is 3.37. The molecule has 1 saturated carbocycles. The van der Waals surface area contributed by atoms with Crippen molar-refractivity contribution in [1.29, 1.82) is 0 Å². The number of aromatic nitrogens is 1. The van der Waals surface area contributed by atoms with Gasteiger partial charge in [-0.1, -0.05) is 6.42 Å². The molecule has 3 rings (SSSR count). The monoisotopic (exact) mass is 288 g/mol. The van der Waals surface area contributed by atoms with Crippen LogP contribution in [0.5, 0.6) is 0 Å². The molecule has 2 aliphatic rings. The third-order valence-corrected chi connectivity index (χ3v) is 4.79. The van der Waals surface area contributed by atoms with Gasteiger partial charge in [-0.3, -0.25) is 4.79 Å². The molecule has 0 aromatic carbocycles. The van der Waals surface area contributed by atoms with Gasteiger partial charge in [-0.05, 0) is 50.7 Å². The Hall–Kier alpha value is -1.91. The van der Waals surface area contributed by atoms with E-state index in [0.29, 0.717) is 23.3 Å². The van der Waals surface area contributed by atoms with Crippen molar-refractivity contribution < 1.29 is 14.7 Å². The molecule has 0 radical (unpaired) electrons. The molecular formula is C16H20N2O3. The van der Waals surface area contributed by atoms with Crippen LogP contribution in [0, 0.1) is 12.8 Å². The predicted molar refractivity (Wildman–Crippen MR) is 77.3 cm³/mol. The van der Waals surface area contributed by atoms with Crippen LogP contribution in [-0.4, -0.2) is 39.5 Å². The molecule has 112 valence electrons. The lowest BCUT2D eigenvalue weighted by atomic mass is 9.91. The summed E-state index contributed by atoms with van der Waals surface area (Å²) in [5.74, 6) is -0.415. The summed E-state index contributed by atoms with van der Waals surface area (Å²) in [5.41, 5.74) is 0.919. The number of piperidine rings is 1.